The Morgan fingerprint density at radius 2 is 1.94 bits per heavy atom. The third-order valence-corrected chi connectivity index (χ3v) is 3.18. The van der Waals surface area contributed by atoms with Crippen molar-refractivity contribution in [2.75, 3.05) is 6.54 Å². The zero-order valence-corrected chi connectivity index (χ0v) is 9.56. The maximum absolute atomic E-state index is 12.6. The fourth-order valence-corrected chi connectivity index (χ4v) is 2.24. The minimum Gasteiger partial charge on any atom is -0.310 e. The summed E-state index contributed by atoms with van der Waals surface area (Å²) in [6.45, 7) is 0.890. The van der Waals surface area contributed by atoms with Gasteiger partial charge in [-0.25, -0.2) is 0 Å². The highest BCUT2D eigenvalue weighted by Gasteiger charge is 2.30. The summed E-state index contributed by atoms with van der Waals surface area (Å²) in [5.74, 6) is 0. The van der Waals surface area contributed by atoms with Crippen molar-refractivity contribution in [1.29, 1.82) is 0 Å². The van der Waals surface area contributed by atoms with Gasteiger partial charge in [0, 0.05) is 6.04 Å². The van der Waals surface area contributed by atoms with Crippen molar-refractivity contribution in [2.45, 2.75) is 37.9 Å². The molecule has 1 nitrogen and oxygen atoms in total. The quantitative estimate of drug-likeness (QED) is 0.788. The fraction of sp³-hybridized carbons (Fsp3) is 0.538. The summed E-state index contributed by atoms with van der Waals surface area (Å²) < 4.78 is 37.8. The number of nitrogens with one attached hydrogen (secondary N) is 1. The summed E-state index contributed by atoms with van der Waals surface area (Å²) in [7, 11) is 0. The lowest BCUT2D eigenvalue weighted by Gasteiger charge is -2.17. The lowest BCUT2D eigenvalue weighted by molar-refractivity contribution is -0.137. The van der Waals surface area contributed by atoms with Crippen LogP contribution in [-0.2, 0) is 6.18 Å². The van der Waals surface area contributed by atoms with Gasteiger partial charge in [0.15, 0.2) is 0 Å². The van der Waals surface area contributed by atoms with Gasteiger partial charge in [0.2, 0.25) is 0 Å². The van der Waals surface area contributed by atoms with Crippen LogP contribution in [0.2, 0.25) is 0 Å². The number of hydrogen-bond donors (Lipinski definition) is 1. The first kappa shape index (κ1) is 12.4. The SMILES string of the molecule is FC(F)(F)c1cccc([C@@H]2CCCCCN2)c1. The van der Waals surface area contributed by atoms with Gasteiger partial charge in [-0.2, -0.15) is 13.2 Å². The molecule has 1 saturated heterocycles. The largest absolute Gasteiger partial charge is 0.416 e. The number of hydrogen-bond acceptors (Lipinski definition) is 1. The Kier molecular flexibility index (Phi) is 3.72. The Bertz CT molecular complexity index is 365. The zero-order valence-electron chi connectivity index (χ0n) is 9.56. The lowest BCUT2D eigenvalue weighted by Crippen LogP contribution is -2.20. The molecule has 1 aromatic rings. The molecular weight excluding hydrogens is 227 g/mol. The molecule has 1 aliphatic rings. The molecule has 1 fully saturated rings. The van der Waals surface area contributed by atoms with Gasteiger partial charge in [-0.15, -0.1) is 0 Å². The van der Waals surface area contributed by atoms with Crippen LogP contribution >= 0.6 is 0 Å². The van der Waals surface area contributed by atoms with Crippen LogP contribution in [0, 0.1) is 0 Å². The van der Waals surface area contributed by atoms with Crippen molar-refractivity contribution in [2.24, 2.45) is 0 Å². The van der Waals surface area contributed by atoms with E-state index in [9.17, 15) is 13.2 Å². The average Bonchev–Trinajstić information content (AvgIpc) is 2.56. The second-order valence-corrected chi connectivity index (χ2v) is 4.48. The van der Waals surface area contributed by atoms with Gasteiger partial charge < -0.3 is 5.32 Å². The molecule has 1 heterocycles. The minimum absolute atomic E-state index is 0.0693. The summed E-state index contributed by atoms with van der Waals surface area (Å²) in [6.07, 6.45) is 0.00782. The monoisotopic (exact) mass is 243 g/mol. The van der Waals surface area contributed by atoms with Crippen molar-refractivity contribution in [3.63, 3.8) is 0 Å². The molecule has 0 aromatic heterocycles. The molecule has 0 saturated carbocycles. The van der Waals surface area contributed by atoms with Crippen molar-refractivity contribution in [1.82, 2.24) is 5.32 Å². The first-order chi connectivity index (χ1) is 8.07. The topological polar surface area (TPSA) is 12.0 Å². The molecule has 0 amide bonds. The van der Waals surface area contributed by atoms with Crippen LogP contribution in [0.4, 0.5) is 13.2 Å². The van der Waals surface area contributed by atoms with E-state index in [-0.39, 0.29) is 6.04 Å². The van der Waals surface area contributed by atoms with Gasteiger partial charge in [0.25, 0.3) is 0 Å². The number of rotatable bonds is 1. The molecule has 1 N–H and O–H groups in total. The molecule has 1 atom stereocenters. The average molecular weight is 243 g/mol. The zero-order chi connectivity index (χ0) is 12.3. The summed E-state index contributed by atoms with van der Waals surface area (Å²) in [6, 6.07) is 5.73. The molecule has 1 aromatic carbocycles. The Morgan fingerprint density at radius 3 is 2.71 bits per heavy atom. The second-order valence-electron chi connectivity index (χ2n) is 4.48. The predicted molar refractivity (Wildman–Crippen MR) is 60.7 cm³/mol. The van der Waals surface area contributed by atoms with E-state index in [0.29, 0.717) is 0 Å². The van der Waals surface area contributed by atoms with Crippen LogP contribution in [0.5, 0.6) is 0 Å². The Hall–Kier alpha value is -1.03. The third-order valence-electron chi connectivity index (χ3n) is 3.18. The molecule has 1 aliphatic heterocycles. The molecule has 2 rings (SSSR count). The van der Waals surface area contributed by atoms with Gasteiger partial charge in [0.05, 0.1) is 5.56 Å². The van der Waals surface area contributed by atoms with Gasteiger partial charge >= 0.3 is 6.18 Å². The smallest absolute Gasteiger partial charge is 0.310 e. The second kappa shape index (κ2) is 5.08. The van der Waals surface area contributed by atoms with Crippen LogP contribution in [0.15, 0.2) is 24.3 Å². The summed E-state index contributed by atoms with van der Waals surface area (Å²) in [5, 5.41) is 3.31. The summed E-state index contributed by atoms with van der Waals surface area (Å²) in [5.41, 5.74) is 0.197. The number of alkyl halides is 3. The van der Waals surface area contributed by atoms with E-state index in [1.807, 2.05) is 0 Å². The Balaban J connectivity index is 2.20. The normalized spacial score (nSPS) is 22.2. The molecule has 0 unspecified atom stereocenters. The molecule has 17 heavy (non-hydrogen) atoms. The van der Waals surface area contributed by atoms with E-state index in [4.69, 9.17) is 0 Å². The van der Waals surface area contributed by atoms with Crippen LogP contribution in [0.25, 0.3) is 0 Å². The third kappa shape index (κ3) is 3.22. The van der Waals surface area contributed by atoms with Crippen LogP contribution in [0.3, 0.4) is 0 Å². The van der Waals surface area contributed by atoms with E-state index < -0.39 is 11.7 Å². The highest BCUT2D eigenvalue weighted by atomic mass is 19.4. The Morgan fingerprint density at radius 1 is 1.12 bits per heavy atom. The van der Waals surface area contributed by atoms with Crippen molar-refractivity contribution in [3.05, 3.63) is 35.4 Å². The first-order valence-corrected chi connectivity index (χ1v) is 5.98. The highest BCUT2D eigenvalue weighted by molar-refractivity contribution is 5.28. The number of benzene rings is 1. The van der Waals surface area contributed by atoms with Crippen molar-refractivity contribution < 1.29 is 13.2 Å². The number of halogens is 3. The van der Waals surface area contributed by atoms with Crippen LogP contribution in [0.1, 0.15) is 42.9 Å². The Labute approximate surface area is 99.0 Å². The van der Waals surface area contributed by atoms with E-state index in [0.717, 1.165) is 43.9 Å². The molecule has 94 valence electrons. The van der Waals surface area contributed by atoms with Gasteiger partial charge in [-0.1, -0.05) is 25.0 Å². The summed E-state index contributed by atoms with van der Waals surface area (Å²) >= 11 is 0. The standard InChI is InChI=1S/C13H16F3N/c14-13(15,16)11-6-4-5-10(9-11)12-7-2-1-3-8-17-12/h4-6,9,12,17H,1-3,7-8H2/t12-/m0/s1. The van der Waals surface area contributed by atoms with E-state index in [1.165, 1.54) is 12.1 Å². The van der Waals surface area contributed by atoms with E-state index in [2.05, 4.69) is 5.32 Å². The van der Waals surface area contributed by atoms with Gasteiger partial charge in [-0.3, -0.25) is 0 Å². The molecule has 0 bridgehead atoms. The van der Waals surface area contributed by atoms with Crippen molar-refractivity contribution >= 4 is 0 Å². The van der Waals surface area contributed by atoms with E-state index in [1.54, 1.807) is 6.07 Å². The highest BCUT2D eigenvalue weighted by Crippen LogP contribution is 2.32. The molecule has 0 aliphatic carbocycles. The predicted octanol–water partition coefficient (Wildman–Crippen LogP) is 3.91. The van der Waals surface area contributed by atoms with Gasteiger partial charge in [-0.05, 0) is 37.1 Å². The molecule has 4 heteroatoms. The maximum atomic E-state index is 12.6. The first-order valence-electron chi connectivity index (χ1n) is 5.98. The minimum atomic E-state index is -4.25. The maximum Gasteiger partial charge on any atom is 0.416 e. The summed E-state index contributed by atoms with van der Waals surface area (Å²) in [4.78, 5) is 0. The lowest BCUT2D eigenvalue weighted by atomic mass is 10.00. The van der Waals surface area contributed by atoms with Gasteiger partial charge in [0.1, 0.15) is 0 Å². The van der Waals surface area contributed by atoms with Crippen molar-refractivity contribution in [3.8, 4) is 0 Å². The van der Waals surface area contributed by atoms with Crippen LogP contribution in [-0.4, -0.2) is 6.54 Å². The van der Waals surface area contributed by atoms with Crippen LogP contribution < -0.4 is 5.32 Å². The van der Waals surface area contributed by atoms with E-state index >= 15 is 0 Å². The molecular formula is C13H16F3N. The molecule has 0 spiro atoms. The molecule has 0 radical (unpaired) electrons. The fourth-order valence-electron chi connectivity index (χ4n) is 2.24.